The molecular weight excluding hydrogens is 428 g/mol. The highest BCUT2D eigenvalue weighted by molar-refractivity contribution is 5.94. The minimum absolute atomic E-state index is 0.0424. The van der Waals surface area contributed by atoms with Crippen molar-refractivity contribution in [3.05, 3.63) is 12.2 Å². The summed E-state index contributed by atoms with van der Waals surface area (Å²) in [5.41, 5.74) is 0.756. The molecule has 1 N–H and O–H groups in total. The Labute approximate surface area is 207 Å². The summed E-state index contributed by atoms with van der Waals surface area (Å²) in [5, 5.41) is 8.97. The van der Waals surface area contributed by atoms with Crippen molar-refractivity contribution in [3.63, 3.8) is 0 Å². The van der Waals surface area contributed by atoms with E-state index in [1.165, 1.54) is 70.6 Å². The van der Waals surface area contributed by atoms with Crippen molar-refractivity contribution in [2.24, 2.45) is 0 Å². The van der Waals surface area contributed by atoms with E-state index in [1.54, 1.807) is 4.58 Å². The van der Waals surface area contributed by atoms with Gasteiger partial charge in [0.25, 0.3) is 0 Å². The summed E-state index contributed by atoms with van der Waals surface area (Å²) in [6.45, 7) is 6.11. The molecule has 6 heteroatoms. The van der Waals surface area contributed by atoms with Crippen LogP contribution in [-0.2, 0) is 14.3 Å². The molecule has 0 aliphatic carbocycles. The first-order valence-corrected chi connectivity index (χ1v) is 13.4. The molecule has 0 aromatic heterocycles. The monoisotopic (exact) mass is 475 g/mol. The molecule has 0 amide bonds. The van der Waals surface area contributed by atoms with Gasteiger partial charge in [0.15, 0.2) is 6.54 Å². The average Bonchev–Trinajstić information content (AvgIpc) is 2.97. The third kappa shape index (κ3) is 16.3. The van der Waals surface area contributed by atoms with Crippen molar-refractivity contribution in [2.45, 2.75) is 104 Å². The maximum Gasteiger partial charge on any atom is 0.369 e. The Kier molecular flexibility index (Phi) is 17.6. The highest BCUT2D eigenvalue weighted by Gasteiger charge is 2.17. The first-order valence-electron chi connectivity index (χ1n) is 13.4. The van der Waals surface area contributed by atoms with Crippen LogP contribution in [0.3, 0.4) is 0 Å². The van der Waals surface area contributed by atoms with Crippen molar-refractivity contribution < 1.29 is 24.0 Å². The number of carbonyl (C=O) groups is 2. The van der Waals surface area contributed by atoms with Crippen molar-refractivity contribution in [1.82, 2.24) is 4.90 Å². The fraction of sp³-hybridized carbons (Fsp3) is 0.750. The van der Waals surface area contributed by atoms with Crippen LogP contribution in [0.5, 0.6) is 0 Å². The predicted molar refractivity (Wildman–Crippen MR) is 138 cm³/mol. The van der Waals surface area contributed by atoms with E-state index in [4.69, 9.17) is 9.84 Å². The first-order chi connectivity index (χ1) is 16.5. The van der Waals surface area contributed by atoms with Gasteiger partial charge in [-0.15, -0.1) is 0 Å². The quantitative estimate of drug-likeness (QED) is 0.0839. The van der Waals surface area contributed by atoms with E-state index < -0.39 is 5.97 Å². The molecule has 0 spiro atoms. The van der Waals surface area contributed by atoms with Gasteiger partial charge < -0.3 is 14.7 Å². The zero-order valence-corrected chi connectivity index (χ0v) is 21.7. The maximum atomic E-state index is 11.9. The number of aliphatic carboxylic acids is 1. The van der Waals surface area contributed by atoms with Crippen molar-refractivity contribution in [3.8, 4) is 12.0 Å². The molecule has 0 aromatic rings. The molecule has 1 aliphatic heterocycles. The Morgan fingerprint density at radius 2 is 1.62 bits per heavy atom. The van der Waals surface area contributed by atoms with Crippen LogP contribution in [-0.4, -0.2) is 65.0 Å². The van der Waals surface area contributed by atoms with Crippen LogP contribution in [0.25, 0.3) is 0 Å². The lowest BCUT2D eigenvalue weighted by molar-refractivity contribution is -0.517. The Morgan fingerprint density at radius 3 is 2.26 bits per heavy atom. The second-order valence-electron chi connectivity index (χ2n) is 9.18. The number of ether oxygens (including phenoxy) is 1. The number of carboxylic acids is 1. The molecule has 0 saturated heterocycles. The Morgan fingerprint density at radius 1 is 1.00 bits per heavy atom. The van der Waals surface area contributed by atoms with Crippen LogP contribution in [0.15, 0.2) is 12.2 Å². The van der Waals surface area contributed by atoms with Crippen LogP contribution >= 0.6 is 0 Å². The number of rotatable bonds is 20. The number of allylic oxidation sites excluding steroid dienone is 2. The van der Waals surface area contributed by atoms with Crippen LogP contribution in [0, 0.1) is 12.0 Å². The first kappa shape index (κ1) is 29.7. The van der Waals surface area contributed by atoms with Gasteiger partial charge >= 0.3 is 11.9 Å². The van der Waals surface area contributed by atoms with E-state index in [1.807, 2.05) is 11.8 Å². The zero-order valence-electron chi connectivity index (χ0n) is 21.7. The lowest BCUT2D eigenvalue weighted by atomic mass is 10.1. The smallest absolute Gasteiger partial charge is 0.369 e. The molecule has 1 aliphatic rings. The number of esters is 1. The normalized spacial score (nSPS) is 13.6. The van der Waals surface area contributed by atoms with Crippen LogP contribution < -0.4 is 0 Å². The molecule has 34 heavy (non-hydrogen) atoms. The zero-order chi connectivity index (χ0) is 24.9. The van der Waals surface area contributed by atoms with Gasteiger partial charge in [-0.3, -0.25) is 4.79 Å². The Bertz CT molecular complexity index is 703. The van der Waals surface area contributed by atoms with E-state index in [0.29, 0.717) is 32.7 Å². The van der Waals surface area contributed by atoms with E-state index in [0.717, 1.165) is 18.6 Å². The van der Waals surface area contributed by atoms with Crippen molar-refractivity contribution in [1.29, 1.82) is 0 Å². The fourth-order valence-electron chi connectivity index (χ4n) is 3.91. The van der Waals surface area contributed by atoms with Gasteiger partial charge in [-0.05, 0) is 32.1 Å². The summed E-state index contributed by atoms with van der Waals surface area (Å²) in [4.78, 5) is 24.8. The highest BCUT2D eigenvalue weighted by Crippen LogP contribution is 2.10. The minimum atomic E-state index is -0.862. The van der Waals surface area contributed by atoms with Crippen LogP contribution in [0.4, 0.5) is 0 Å². The van der Waals surface area contributed by atoms with Crippen LogP contribution in [0.1, 0.15) is 104 Å². The topological polar surface area (TPSA) is 69.8 Å². The molecule has 0 atom stereocenters. The molecule has 0 fully saturated rings. The molecule has 0 unspecified atom stereocenters. The molecule has 1 rings (SSSR count). The molecule has 6 nitrogen and oxygen atoms in total. The van der Waals surface area contributed by atoms with E-state index >= 15 is 0 Å². The van der Waals surface area contributed by atoms with E-state index in [9.17, 15) is 9.59 Å². The van der Waals surface area contributed by atoms with Gasteiger partial charge in [-0.1, -0.05) is 70.4 Å². The summed E-state index contributed by atoms with van der Waals surface area (Å²) in [6, 6.07) is 3.02. The molecule has 0 aromatic carbocycles. The van der Waals surface area contributed by atoms with Gasteiger partial charge in [-0.2, -0.15) is 0 Å². The summed E-state index contributed by atoms with van der Waals surface area (Å²) < 4.78 is 7.11. The van der Waals surface area contributed by atoms with Gasteiger partial charge in [0.2, 0.25) is 12.3 Å². The number of nitrogens with zero attached hydrogens (tertiary/aromatic N) is 2. The second-order valence-corrected chi connectivity index (χ2v) is 9.18. The van der Waals surface area contributed by atoms with Gasteiger partial charge in [0.1, 0.15) is 6.61 Å². The molecule has 0 radical (unpaired) electrons. The number of carboxylic acid groups (broad SMARTS) is 1. The van der Waals surface area contributed by atoms with Gasteiger partial charge in [0.05, 0.1) is 13.1 Å². The van der Waals surface area contributed by atoms with Gasteiger partial charge in [0, 0.05) is 25.3 Å². The minimum Gasteiger partial charge on any atom is -0.477 e. The summed E-state index contributed by atoms with van der Waals surface area (Å²) in [7, 11) is 0. The largest absolute Gasteiger partial charge is 0.477 e. The molecular formula is C28H47N2O4+. The Balaban J connectivity index is 1.95. The second kappa shape index (κ2) is 20.1. The number of unbranched alkanes of at least 4 members (excludes halogenated alkanes) is 11. The van der Waals surface area contributed by atoms with Crippen molar-refractivity contribution in [2.75, 3.05) is 32.8 Å². The predicted octanol–water partition coefficient (Wildman–Crippen LogP) is 5.40. The molecule has 0 saturated carbocycles. The number of hydrogen-bond donors (Lipinski definition) is 1. The highest BCUT2D eigenvalue weighted by atomic mass is 16.5. The van der Waals surface area contributed by atoms with E-state index in [-0.39, 0.29) is 12.5 Å². The molecule has 0 bridgehead atoms. The lowest BCUT2D eigenvalue weighted by Crippen LogP contribution is -2.32. The summed E-state index contributed by atoms with van der Waals surface area (Å²) in [6.07, 6.45) is 21.3. The van der Waals surface area contributed by atoms with Gasteiger partial charge in [-0.25, -0.2) is 9.37 Å². The Hall–Kier alpha value is -2.29. The third-order valence-electron chi connectivity index (χ3n) is 6.10. The number of hydrogen-bond acceptors (Lipinski definition) is 4. The SMILES string of the molecule is CCCCCCCCC=CCCCCCCCC(=O)OCCN1C#CC(C)=[N+](CC(=O)O)CC1. The average molecular weight is 476 g/mol. The fourth-order valence-corrected chi connectivity index (χ4v) is 3.91. The summed E-state index contributed by atoms with van der Waals surface area (Å²) >= 11 is 0. The molecule has 1 heterocycles. The van der Waals surface area contributed by atoms with Crippen LogP contribution in [0.2, 0.25) is 0 Å². The van der Waals surface area contributed by atoms with Crippen molar-refractivity contribution >= 4 is 17.7 Å². The van der Waals surface area contributed by atoms with E-state index in [2.05, 4.69) is 31.0 Å². The lowest BCUT2D eigenvalue weighted by Gasteiger charge is -2.15. The maximum absolute atomic E-state index is 11.9. The molecule has 192 valence electrons. The standard InChI is InChI=1S/C28H46N2O4/c1-3-4-5-6-7-8-9-10-11-12-13-14-15-16-17-18-28(33)34-24-23-29-20-19-26(2)30(22-21-29)25-27(31)32/h10-11H,3-9,12-18,21-25H2,1-2H3/p+1. The third-order valence-corrected chi connectivity index (χ3v) is 6.10. The summed E-state index contributed by atoms with van der Waals surface area (Å²) in [5.74, 6) is 1.98. The number of carbonyl (C=O) groups excluding carboxylic acids is 1.